The summed E-state index contributed by atoms with van der Waals surface area (Å²) in [4.78, 5) is 32.0. The van der Waals surface area contributed by atoms with Crippen LogP contribution >= 0.6 is 11.3 Å². The van der Waals surface area contributed by atoms with Crippen molar-refractivity contribution in [1.29, 1.82) is 0 Å². The zero-order chi connectivity index (χ0) is 15.8. The molecule has 0 radical (unpaired) electrons. The second-order valence-corrected chi connectivity index (χ2v) is 7.90. The number of hydrogen-bond donors (Lipinski definition) is 1. The first kappa shape index (κ1) is 15.9. The van der Waals surface area contributed by atoms with Crippen LogP contribution in [0.2, 0.25) is 0 Å². The largest absolute Gasteiger partial charge is 0.344 e. The summed E-state index contributed by atoms with van der Waals surface area (Å²) in [7, 11) is 0. The molecular formula is C15H23N3O2S. The van der Waals surface area contributed by atoms with Crippen LogP contribution in [-0.4, -0.2) is 34.3 Å². The van der Waals surface area contributed by atoms with Crippen molar-refractivity contribution >= 4 is 23.2 Å². The topological polar surface area (TPSA) is 62.3 Å². The van der Waals surface area contributed by atoms with Crippen LogP contribution in [0.25, 0.3) is 0 Å². The molecule has 0 aromatic carbocycles. The first-order valence-electron chi connectivity index (χ1n) is 7.22. The maximum absolute atomic E-state index is 12.8. The van der Waals surface area contributed by atoms with Crippen LogP contribution in [0.5, 0.6) is 0 Å². The maximum Gasteiger partial charge on any atom is 0.246 e. The van der Waals surface area contributed by atoms with Gasteiger partial charge in [0, 0.05) is 24.0 Å². The predicted molar refractivity (Wildman–Crippen MR) is 83.0 cm³/mol. The van der Waals surface area contributed by atoms with E-state index in [4.69, 9.17) is 0 Å². The molecule has 2 atom stereocenters. The van der Waals surface area contributed by atoms with Gasteiger partial charge in [0.05, 0.1) is 6.04 Å². The van der Waals surface area contributed by atoms with Gasteiger partial charge in [-0.1, -0.05) is 20.8 Å². The van der Waals surface area contributed by atoms with E-state index in [0.717, 1.165) is 9.88 Å². The highest BCUT2D eigenvalue weighted by Crippen LogP contribution is 2.29. The molecule has 0 spiro atoms. The monoisotopic (exact) mass is 309 g/mol. The molecule has 1 aliphatic rings. The standard InChI is InChI=1S/C15H23N3O2S/c1-9-8-16-13(21-9)10(2)18-7-6-11(19)17-12(14(18)20)15(3,4)5/h8,10,12H,6-7H2,1-5H3,(H,17,19). The third-order valence-corrected chi connectivity index (χ3v) is 4.83. The van der Waals surface area contributed by atoms with Crippen molar-refractivity contribution in [3.8, 4) is 0 Å². The van der Waals surface area contributed by atoms with Gasteiger partial charge in [-0.05, 0) is 19.3 Å². The van der Waals surface area contributed by atoms with Crippen LogP contribution in [0, 0.1) is 12.3 Å². The van der Waals surface area contributed by atoms with Crippen LogP contribution in [-0.2, 0) is 9.59 Å². The fraction of sp³-hybridized carbons (Fsp3) is 0.667. The van der Waals surface area contributed by atoms with Crippen molar-refractivity contribution in [2.24, 2.45) is 5.41 Å². The fourth-order valence-corrected chi connectivity index (χ4v) is 3.30. The lowest BCUT2D eigenvalue weighted by atomic mass is 9.85. The zero-order valence-electron chi connectivity index (χ0n) is 13.3. The van der Waals surface area contributed by atoms with E-state index in [9.17, 15) is 9.59 Å². The highest BCUT2D eigenvalue weighted by Gasteiger charge is 2.39. The van der Waals surface area contributed by atoms with Gasteiger partial charge in [-0.15, -0.1) is 11.3 Å². The molecular weight excluding hydrogens is 286 g/mol. The molecule has 2 rings (SSSR count). The van der Waals surface area contributed by atoms with Gasteiger partial charge in [0.1, 0.15) is 11.0 Å². The second kappa shape index (κ2) is 5.75. The Kier molecular flexibility index (Phi) is 4.37. The Labute approximate surface area is 129 Å². The Hall–Kier alpha value is -1.43. The number of carbonyl (C=O) groups excluding carboxylic acids is 2. The lowest BCUT2D eigenvalue weighted by Gasteiger charge is -2.34. The number of carbonyl (C=O) groups is 2. The number of nitrogens with one attached hydrogen (secondary N) is 1. The number of rotatable bonds is 2. The molecule has 116 valence electrons. The minimum absolute atomic E-state index is 0.0197. The van der Waals surface area contributed by atoms with Gasteiger partial charge in [0.15, 0.2) is 0 Å². The molecule has 1 aromatic heterocycles. The van der Waals surface area contributed by atoms with Crippen LogP contribution in [0.1, 0.15) is 50.0 Å². The van der Waals surface area contributed by atoms with E-state index in [-0.39, 0.29) is 23.3 Å². The van der Waals surface area contributed by atoms with Gasteiger partial charge in [0.25, 0.3) is 0 Å². The molecule has 0 bridgehead atoms. The van der Waals surface area contributed by atoms with E-state index >= 15 is 0 Å². The van der Waals surface area contributed by atoms with Crippen LogP contribution in [0.15, 0.2) is 6.20 Å². The number of amides is 2. The fourth-order valence-electron chi connectivity index (χ4n) is 2.46. The highest BCUT2D eigenvalue weighted by atomic mass is 32.1. The van der Waals surface area contributed by atoms with E-state index < -0.39 is 6.04 Å². The summed E-state index contributed by atoms with van der Waals surface area (Å²) in [6, 6.07) is -0.593. The van der Waals surface area contributed by atoms with E-state index in [1.165, 1.54) is 0 Å². The third-order valence-electron chi connectivity index (χ3n) is 3.75. The number of aromatic nitrogens is 1. The second-order valence-electron chi connectivity index (χ2n) is 6.63. The normalized spacial score (nSPS) is 22.0. The number of aryl methyl sites for hydroxylation is 1. The minimum atomic E-state index is -0.490. The number of hydrogen-bond acceptors (Lipinski definition) is 4. The van der Waals surface area contributed by atoms with E-state index in [1.807, 2.05) is 40.8 Å². The van der Waals surface area contributed by atoms with Crippen molar-refractivity contribution in [2.75, 3.05) is 6.54 Å². The quantitative estimate of drug-likeness (QED) is 0.911. The predicted octanol–water partition coefficient (Wildman–Crippen LogP) is 2.28. The summed E-state index contributed by atoms with van der Waals surface area (Å²) in [5.41, 5.74) is -0.312. The Balaban J connectivity index is 2.29. The molecule has 1 aromatic rings. The number of thiazole rings is 1. The molecule has 1 fully saturated rings. The van der Waals surface area contributed by atoms with Crippen molar-refractivity contribution in [2.45, 2.75) is 53.1 Å². The SMILES string of the molecule is Cc1cnc(C(C)N2CCC(=O)NC(C(C)(C)C)C2=O)s1. The number of nitrogens with zero attached hydrogens (tertiary/aromatic N) is 2. The molecule has 0 aliphatic carbocycles. The van der Waals surface area contributed by atoms with E-state index in [0.29, 0.717) is 13.0 Å². The molecule has 1 aliphatic heterocycles. The molecule has 1 saturated heterocycles. The smallest absolute Gasteiger partial charge is 0.246 e. The van der Waals surface area contributed by atoms with Crippen molar-refractivity contribution in [1.82, 2.24) is 15.2 Å². The van der Waals surface area contributed by atoms with Gasteiger partial charge in [0.2, 0.25) is 11.8 Å². The molecule has 5 nitrogen and oxygen atoms in total. The molecule has 2 heterocycles. The van der Waals surface area contributed by atoms with E-state index in [2.05, 4.69) is 10.3 Å². The van der Waals surface area contributed by atoms with Crippen molar-refractivity contribution in [3.63, 3.8) is 0 Å². The average Bonchev–Trinajstić information content (AvgIpc) is 2.74. The highest BCUT2D eigenvalue weighted by molar-refractivity contribution is 7.11. The summed E-state index contributed by atoms with van der Waals surface area (Å²) in [6.45, 7) is 10.3. The van der Waals surface area contributed by atoms with Crippen LogP contribution < -0.4 is 5.32 Å². The van der Waals surface area contributed by atoms with Gasteiger partial charge in [-0.2, -0.15) is 0 Å². The Morgan fingerprint density at radius 1 is 1.43 bits per heavy atom. The summed E-state index contributed by atoms with van der Waals surface area (Å²) < 4.78 is 0. The lowest BCUT2D eigenvalue weighted by molar-refractivity contribution is -0.138. The molecule has 6 heteroatoms. The van der Waals surface area contributed by atoms with Gasteiger partial charge >= 0.3 is 0 Å². The Morgan fingerprint density at radius 3 is 2.62 bits per heavy atom. The molecule has 2 unspecified atom stereocenters. The summed E-state index contributed by atoms with van der Waals surface area (Å²) in [5.74, 6) is -0.0815. The Morgan fingerprint density at radius 2 is 2.10 bits per heavy atom. The minimum Gasteiger partial charge on any atom is -0.344 e. The maximum atomic E-state index is 12.8. The lowest BCUT2D eigenvalue weighted by Crippen LogP contribution is -2.52. The van der Waals surface area contributed by atoms with Crippen LogP contribution in [0.3, 0.4) is 0 Å². The van der Waals surface area contributed by atoms with E-state index in [1.54, 1.807) is 16.2 Å². The third kappa shape index (κ3) is 3.43. The molecule has 21 heavy (non-hydrogen) atoms. The van der Waals surface area contributed by atoms with Crippen molar-refractivity contribution < 1.29 is 9.59 Å². The molecule has 2 amide bonds. The van der Waals surface area contributed by atoms with Gasteiger partial charge in [-0.3, -0.25) is 9.59 Å². The molecule has 0 saturated carbocycles. The first-order valence-corrected chi connectivity index (χ1v) is 8.04. The van der Waals surface area contributed by atoms with Gasteiger partial charge in [-0.25, -0.2) is 4.98 Å². The van der Waals surface area contributed by atoms with Crippen LogP contribution in [0.4, 0.5) is 0 Å². The van der Waals surface area contributed by atoms with Gasteiger partial charge < -0.3 is 10.2 Å². The molecule has 1 N–H and O–H groups in total. The summed E-state index contributed by atoms with van der Waals surface area (Å²) >= 11 is 1.60. The Bertz CT molecular complexity index is 547. The summed E-state index contributed by atoms with van der Waals surface area (Å²) in [5, 5.41) is 3.78. The summed E-state index contributed by atoms with van der Waals surface area (Å²) in [6.07, 6.45) is 2.16. The zero-order valence-corrected chi connectivity index (χ0v) is 14.1. The first-order chi connectivity index (χ1) is 9.70. The average molecular weight is 309 g/mol. The van der Waals surface area contributed by atoms with Crippen molar-refractivity contribution in [3.05, 3.63) is 16.1 Å².